The number of aromatic nitrogens is 4. The first kappa shape index (κ1) is 14.7. The molecule has 3 rings (SSSR count). The van der Waals surface area contributed by atoms with E-state index in [1.54, 1.807) is 36.0 Å². The Labute approximate surface area is 128 Å². The predicted octanol–water partition coefficient (Wildman–Crippen LogP) is 1.42. The van der Waals surface area contributed by atoms with E-state index in [4.69, 9.17) is 0 Å². The molecule has 0 radical (unpaired) electrons. The van der Waals surface area contributed by atoms with E-state index in [1.165, 1.54) is 10.7 Å². The van der Waals surface area contributed by atoms with Crippen LogP contribution in [-0.4, -0.2) is 27.8 Å². The zero-order chi connectivity index (χ0) is 15.9. The highest BCUT2D eigenvalue weighted by molar-refractivity contribution is 7.89. The number of hydrogen-bond acceptors (Lipinski definition) is 4. The summed E-state index contributed by atoms with van der Waals surface area (Å²) < 4.78 is 31.1. The van der Waals surface area contributed by atoms with Crippen LogP contribution in [0, 0.1) is 6.92 Å². The quantitative estimate of drug-likeness (QED) is 0.788. The van der Waals surface area contributed by atoms with Crippen LogP contribution in [0.5, 0.6) is 0 Å². The van der Waals surface area contributed by atoms with Crippen molar-refractivity contribution in [2.45, 2.75) is 24.8 Å². The number of nitrogens with one attached hydrogen (secondary N) is 1. The van der Waals surface area contributed by atoms with Crippen molar-refractivity contribution in [2.75, 3.05) is 0 Å². The standard InChI is InChI=1S/C14H17N5O2S/c1-10-12(9-18(3)16-10)11(2)17-22(20,21)14-8-15-19-7-5-4-6-13(14)19/h4-9,11,17H,1-3H3. The van der Waals surface area contributed by atoms with Crippen LogP contribution >= 0.6 is 0 Å². The van der Waals surface area contributed by atoms with Gasteiger partial charge in [-0.2, -0.15) is 10.2 Å². The summed E-state index contributed by atoms with van der Waals surface area (Å²) in [4.78, 5) is 0.168. The number of fused-ring (bicyclic) bond motifs is 1. The van der Waals surface area contributed by atoms with E-state index >= 15 is 0 Å². The lowest BCUT2D eigenvalue weighted by Crippen LogP contribution is -2.27. The van der Waals surface area contributed by atoms with E-state index in [0.29, 0.717) is 5.52 Å². The summed E-state index contributed by atoms with van der Waals surface area (Å²) in [6.07, 6.45) is 4.89. The van der Waals surface area contributed by atoms with Crippen LogP contribution in [0.4, 0.5) is 0 Å². The molecular weight excluding hydrogens is 302 g/mol. The Morgan fingerprint density at radius 2 is 2.09 bits per heavy atom. The van der Waals surface area contributed by atoms with Gasteiger partial charge in [0.2, 0.25) is 10.0 Å². The van der Waals surface area contributed by atoms with Gasteiger partial charge in [-0.25, -0.2) is 17.7 Å². The fourth-order valence-corrected chi connectivity index (χ4v) is 3.86. The maximum Gasteiger partial charge on any atom is 0.244 e. The SMILES string of the molecule is Cc1nn(C)cc1C(C)NS(=O)(=O)c1cnn2ccccc12. The van der Waals surface area contributed by atoms with Crippen LogP contribution < -0.4 is 4.72 Å². The first-order chi connectivity index (χ1) is 10.4. The van der Waals surface area contributed by atoms with Gasteiger partial charge in [0.25, 0.3) is 0 Å². The molecule has 0 saturated heterocycles. The van der Waals surface area contributed by atoms with Gasteiger partial charge in [-0.05, 0) is 26.0 Å². The minimum atomic E-state index is -3.67. The van der Waals surface area contributed by atoms with Gasteiger partial charge in [-0.3, -0.25) is 4.68 Å². The molecule has 7 nitrogen and oxygen atoms in total. The third-order valence-electron chi connectivity index (χ3n) is 3.53. The van der Waals surface area contributed by atoms with Gasteiger partial charge in [0, 0.05) is 31.0 Å². The fraction of sp³-hybridized carbons (Fsp3) is 0.286. The van der Waals surface area contributed by atoms with E-state index in [9.17, 15) is 8.42 Å². The smallest absolute Gasteiger partial charge is 0.244 e. The molecule has 116 valence electrons. The number of hydrogen-bond donors (Lipinski definition) is 1. The molecule has 0 aliphatic heterocycles. The van der Waals surface area contributed by atoms with Crippen molar-refractivity contribution < 1.29 is 8.42 Å². The molecule has 3 aromatic rings. The van der Waals surface area contributed by atoms with Crippen molar-refractivity contribution in [2.24, 2.45) is 7.05 Å². The largest absolute Gasteiger partial charge is 0.275 e. The molecule has 0 aliphatic rings. The minimum absolute atomic E-state index is 0.168. The Hall–Kier alpha value is -2.19. The van der Waals surface area contributed by atoms with Crippen molar-refractivity contribution in [1.29, 1.82) is 0 Å². The molecule has 1 N–H and O–H groups in total. The molecule has 3 heterocycles. The highest BCUT2D eigenvalue weighted by Gasteiger charge is 2.23. The average molecular weight is 319 g/mol. The van der Waals surface area contributed by atoms with Crippen LogP contribution in [0.15, 0.2) is 41.7 Å². The van der Waals surface area contributed by atoms with Crippen LogP contribution in [0.3, 0.4) is 0 Å². The Kier molecular flexibility index (Phi) is 3.50. The lowest BCUT2D eigenvalue weighted by Gasteiger charge is -2.13. The molecule has 0 bridgehead atoms. The zero-order valence-corrected chi connectivity index (χ0v) is 13.4. The summed E-state index contributed by atoms with van der Waals surface area (Å²) in [5, 5.41) is 8.31. The van der Waals surface area contributed by atoms with E-state index in [-0.39, 0.29) is 10.9 Å². The Morgan fingerprint density at radius 1 is 1.32 bits per heavy atom. The Balaban J connectivity index is 1.95. The molecule has 0 spiro atoms. The van der Waals surface area contributed by atoms with Gasteiger partial charge in [0.1, 0.15) is 4.90 Å². The molecule has 0 aromatic carbocycles. The molecule has 8 heteroatoms. The Morgan fingerprint density at radius 3 is 2.77 bits per heavy atom. The maximum atomic E-state index is 12.6. The van der Waals surface area contributed by atoms with Crippen LogP contribution in [0.25, 0.3) is 5.52 Å². The zero-order valence-electron chi connectivity index (χ0n) is 12.6. The molecule has 0 aliphatic carbocycles. The normalized spacial score (nSPS) is 13.6. The lowest BCUT2D eigenvalue weighted by atomic mass is 10.1. The average Bonchev–Trinajstić information content (AvgIpc) is 3.01. The second-order valence-electron chi connectivity index (χ2n) is 5.23. The summed E-state index contributed by atoms with van der Waals surface area (Å²) >= 11 is 0. The minimum Gasteiger partial charge on any atom is -0.275 e. The van der Waals surface area contributed by atoms with E-state index in [0.717, 1.165) is 11.3 Å². The van der Waals surface area contributed by atoms with Gasteiger partial charge in [-0.15, -0.1) is 0 Å². The van der Waals surface area contributed by atoms with Crippen molar-refractivity contribution >= 4 is 15.5 Å². The van der Waals surface area contributed by atoms with Gasteiger partial charge in [0.15, 0.2) is 0 Å². The molecule has 3 aromatic heterocycles. The van der Waals surface area contributed by atoms with Crippen LogP contribution in [0.1, 0.15) is 24.2 Å². The third kappa shape index (κ3) is 2.51. The maximum absolute atomic E-state index is 12.6. The lowest BCUT2D eigenvalue weighted by molar-refractivity contribution is 0.567. The first-order valence-corrected chi connectivity index (χ1v) is 8.31. The Bertz CT molecular complexity index is 926. The number of sulfonamides is 1. The van der Waals surface area contributed by atoms with Gasteiger partial charge < -0.3 is 0 Å². The van der Waals surface area contributed by atoms with Crippen LogP contribution in [0.2, 0.25) is 0 Å². The first-order valence-electron chi connectivity index (χ1n) is 6.83. The third-order valence-corrected chi connectivity index (χ3v) is 5.09. The summed E-state index contributed by atoms with van der Waals surface area (Å²) in [6.45, 7) is 3.66. The van der Waals surface area contributed by atoms with Crippen LogP contribution in [-0.2, 0) is 17.1 Å². The van der Waals surface area contributed by atoms with Gasteiger partial charge in [-0.1, -0.05) is 6.07 Å². The fourth-order valence-electron chi connectivity index (χ4n) is 2.52. The van der Waals surface area contributed by atoms with E-state index in [1.807, 2.05) is 20.2 Å². The monoisotopic (exact) mass is 319 g/mol. The molecule has 0 saturated carbocycles. The van der Waals surface area contributed by atoms with Crippen molar-refractivity contribution in [3.63, 3.8) is 0 Å². The molecular formula is C14H17N5O2S. The summed E-state index contributed by atoms with van der Waals surface area (Å²) in [7, 11) is -1.86. The van der Waals surface area contributed by atoms with Crippen molar-refractivity contribution in [3.8, 4) is 0 Å². The molecule has 22 heavy (non-hydrogen) atoms. The highest BCUT2D eigenvalue weighted by atomic mass is 32.2. The van der Waals surface area contributed by atoms with Gasteiger partial charge >= 0.3 is 0 Å². The summed E-state index contributed by atoms with van der Waals surface area (Å²) in [6, 6.07) is 4.93. The number of aryl methyl sites for hydroxylation is 2. The number of nitrogens with zero attached hydrogens (tertiary/aromatic N) is 4. The number of rotatable bonds is 4. The molecule has 0 fully saturated rings. The molecule has 1 atom stereocenters. The predicted molar refractivity (Wildman–Crippen MR) is 81.9 cm³/mol. The topological polar surface area (TPSA) is 81.3 Å². The van der Waals surface area contributed by atoms with Gasteiger partial charge in [0.05, 0.1) is 17.4 Å². The highest BCUT2D eigenvalue weighted by Crippen LogP contribution is 2.21. The molecule has 0 amide bonds. The van der Waals surface area contributed by atoms with Crippen molar-refractivity contribution in [1.82, 2.24) is 24.1 Å². The van der Waals surface area contributed by atoms with E-state index < -0.39 is 10.0 Å². The van der Waals surface area contributed by atoms with E-state index in [2.05, 4.69) is 14.9 Å². The summed E-state index contributed by atoms with van der Waals surface area (Å²) in [5.74, 6) is 0. The van der Waals surface area contributed by atoms with Crippen molar-refractivity contribution in [3.05, 3.63) is 48.0 Å². The second-order valence-corrected chi connectivity index (χ2v) is 6.91. The molecule has 1 unspecified atom stereocenters. The number of pyridine rings is 1. The second kappa shape index (κ2) is 5.22. The summed E-state index contributed by atoms with van der Waals surface area (Å²) in [5.41, 5.74) is 2.20.